The molecule has 94 valence electrons. The van der Waals surface area contributed by atoms with Crippen LogP contribution in [0.5, 0.6) is 5.75 Å². The highest BCUT2D eigenvalue weighted by Crippen LogP contribution is 2.24. The monoisotopic (exact) mass is 240 g/mol. The lowest BCUT2D eigenvalue weighted by Crippen LogP contribution is -2.14. The molecular formula is C12H17FN2O2. The lowest BCUT2D eigenvalue weighted by molar-refractivity contribution is 0.286. The number of halogens is 1. The normalized spacial score (nSPS) is 11.6. The number of hydrogen-bond acceptors (Lipinski definition) is 3. The summed E-state index contributed by atoms with van der Waals surface area (Å²) in [7, 11) is 0. The molecule has 1 rings (SSSR count). The van der Waals surface area contributed by atoms with Gasteiger partial charge in [0, 0.05) is 12.0 Å². The molecule has 0 radical (unpaired) electrons. The molecular weight excluding hydrogens is 223 g/mol. The molecule has 0 saturated carbocycles. The SMILES string of the molecule is Cc1cc(/C(N)=N/O)cc(C)c1OCCCF. The number of nitrogens with zero attached hydrogens (tertiary/aromatic N) is 1. The van der Waals surface area contributed by atoms with E-state index in [1.54, 1.807) is 12.1 Å². The second-order valence-electron chi connectivity index (χ2n) is 3.82. The molecule has 1 aromatic rings. The second kappa shape index (κ2) is 6.08. The van der Waals surface area contributed by atoms with Gasteiger partial charge < -0.3 is 15.7 Å². The zero-order chi connectivity index (χ0) is 12.8. The van der Waals surface area contributed by atoms with Gasteiger partial charge in [-0.15, -0.1) is 0 Å². The Kier molecular flexibility index (Phi) is 4.75. The van der Waals surface area contributed by atoms with Crippen molar-refractivity contribution in [1.29, 1.82) is 0 Å². The van der Waals surface area contributed by atoms with E-state index in [2.05, 4.69) is 5.16 Å². The van der Waals surface area contributed by atoms with Crippen molar-refractivity contribution in [2.45, 2.75) is 20.3 Å². The van der Waals surface area contributed by atoms with Crippen molar-refractivity contribution in [3.8, 4) is 5.75 Å². The first-order valence-electron chi connectivity index (χ1n) is 5.38. The number of nitrogens with two attached hydrogens (primary N) is 1. The van der Waals surface area contributed by atoms with Crippen LogP contribution in [-0.4, -0.2) is 24.3 Å². The Bertz CT molecular complexity index is 396. The van der Waals surface area contributed by atoms with Crippen molar-refractivity contribution in [1.82, 2.24) is 0 Å². The largest absolute Gasteiger partial charge is 0.493 e. The van der Waals surface area contributed by atoms with Gasteiger partial charge in [0.25, 0.3) is 0 Å². The zero-order valence-electron chi connectivity index (χ0n) is 10.0. The van der Waals surface area contributed by atoms with E-state index in [9.17, 15) is 4.39 Å². The smallest absolute Gasteiger partial charge is 0.170 e. The fourth-order valence-corrected chi connectivity index (χ4v) is 1.61. The minimum Gasteiger partial charge on any atom is -0.493 e. The van der Waals surface area contributed by atoms with Crippen molar-refractivity contribution < 1.29 is 14.3 Å². The van der Waals surface area contributed by atoms with Gasteiger partial charge in [-0.05, 0) is 37.1 Å². The van der Waals surface area contributed by atoms with Gasteiger partial charge in [-0.25, -0.2) is 0 Å². The number of hydrogen-bond donors (Lipinski definition) is 2. The molecule has 0 spiro atoms. The first-order valence-corrected chi connectivity index (χ1v) is 5.38. The van der Waals surface area contributed by atoms with Gasteiger partial charge in [0.15, 0.2) is 5.84 Å². The zero-order valence-corrected chi connectivity index (χ0v) is 10.0. The molecule has 0 aliphatic rings. The Balaban J connectivity index is 2.94. The maximum atomic E-state index is 12.0. The van der Waals surface area contributed by atoms with E-state index < -0.39 is 0 Å². The third-order valence-corrected chi connectivity index (χ3v) is 2.39. The van der Waals surface area contributed by atoms with Crippen LogP contribution < -0.4 is 10.5 Å². The Morgan fingerprint density at radius 1 is 1.41 bits per heavy atom. The minimum absolute atomic E-state index is 0.0616. The summed E-state index contributed by atoms with van der Waals surface area (Å²) in [5.41, 5.74) is 7.91. The molecule has 0 aromatic heterocycles. The van der Waals surface area contributed by atoms with Crippen LogP contribution in [0.4, 0.5) is 4.39 Å². The highest BCUT2D eigenvalue weighted by atomic mass is 19.1. The third-order valence-electron chi connectivity index (χ3n) is 2.39. The van der Waals surface area contributed by atoms with Crippen molar-refractivity contribution >= 4 is 5.84 Å². The molecule has 3 N–H and O–H groups in total. The fourth-order valence-electron chi connectivity index (χ4n) is 1.61. The number of aryl methyl sites for hydroxylation is 2. The van der Waals surface area contributed by atoms with Gasteiger partial charge >= 0.3 is 0 Å². The molecule has 0 unspecified atom stereocenters. The van der Waals surface area contributed by atoms with Gasteiger partial charge in [-0.1, -0.05) is 5.16 Å². The van der Waals surface area contributed by atoms with Crippen molar-refractivity contribution in [3.63, 3.8) is 0 Å². The summed E-state index contributed by atoms with van der Waals surface area (Å²) < 4.78 is 17.5. The Hall–Kier alpha value is -1.78. The van der Waals surface area contributed by atoms with Gasteiger partial charge in [0.05, 0.1) is 13.3 Å². The summed E-state index contributed by atoms with van der Waals surface area (Å²) in [6, 6.07) is 3.54. The minimum atomic E-state index is -0.389. The summed E-state index contributed by atoms with van der Waals surface area (Å²) >= 11 is 0. The number of benzene rings is 1. The molecule has 0 atom stereocenters. The van der Waals surface area contributed by atoms with Gasteiger partial charge in [-0.3, -0.25) is 4.39 Å². The van der Waals surface area contributed by atoms with E-state index >= 15 is 0 Å². The number of oxime groups is 1. The molecule has 0 saturated heterocycles. The molecule has 5 heteroatoms. The van der Waals surface area contributed by atoms with Gasteiger partial charge in [-0.2, -0.15) is 0 Å². The molecule has 0 aliphatic carbocycles. The topological polar surface area (TPSA) is 67.8 Å². The number of rotatable bonds is 5. The van der Waals surface area contributed by atoms with Crippen LogP contribution in [0.2, 0.25) is 0 Å². The maximum Gasteiger partial charge on any atom is 0.170 e. The second-order valence-corrected chi connectivity index (χ2v) is 3.82. The van der Waals surface area contributed by atoms with E-state index in [4.69, 9.17) is 15.7 Å². The predicted octanol–water partition coefficient (Wildman–Crippen LogP) is 2.14. The highest BCUT2D eigenvalue weighted by molar-refractivity contribution is 5.97. The van der Waals surface area contributed by atoms with Crippen LogP contribution in [0, 0.1) is 13.8 Å². The molecule has 0 bridgehead atoms. The summed E-state index contributed by atoms with van der Waals surface area (Å²) in [4.78, 5) is 0. The van der Waals surface area contributed by atoms with Crippen LogP contribution in [0.25, 0.3) is 0 Å². The Morgan fingerprint density at radius 2 is 2.00 bits per heavy atom. The lowest BCUT2D eigenvalue weighted by Gasteiger charge is -2.13. The molecule has 0 fully saturated rings. The molecule has 0 aliphatic heterocycles. The van der Waals surface area contributed by atoms with Gasteiger partial charge in [0.2, 0.25) is 0 Å². The van der Waals surface area contributed by atoms with E-state index in [1.165, 1.54) is 0 Å². The fraction of sp³-hybridized carbons (Fsp3) is 0.417. The summed E-state index contributed by atoms with van der Waals surface area (Å²) in [5.74, 6) is 0.791. The third kappa shape index (κ3) is 3.34. The number of ether oxygens (including phenoxy) is 1. The van der Waals surface area contributed by atoms with Gasteiger partial charge in [0.1, 0.15) is 5.75 Å². The maximum absolute atomic E-state index is 12.0. The first-order chi connectivity index (χ1) is 8.10. The molecule has 1 aromatic carbocycles. The number of amidine groups is 1. The van der Waals surface area contributed by atoms with E-state index in [-0.39, 0.29) is 12.5 Å². The average molecular weight is 240 g/mol. The van der Waals surface area contributed by atoms with Crippen LogP contribution in [0.3, 0.4) is 0 Å². The molecule has 0 amide bonds. The van der Waals surface area contributed by atoms with Crippen LogP contribution in [0.15, 0.2) is 17.3 Å². The van der Waals surface area contributed by atoms with Crippen molar-refractivity contribution in [2.24, 2.45) is 10.9 Å². The van der Waals surface area contributed by atoms with E-state index in [1.807, 2.05) is 13.8 Å². The average Bonchev–Trinajstić information content (AvgIpc) is 2.31. The van der Waals surface area contributed by atoms with Crippen molar-refractivity contribution in [2.75, 3.05) is 13.3 Å². The summed E-state index contributed by atoms with van der Waals surface area (Å²) in [6.45, 7) is 3.69. The number of alkyl halides is 1. The summed E-state index contributed by atoms with van der Waals surface area (Å²) in [6.07, 6.45) is 0.376. The molecule has 17 heavy (non-hydrogen) atoms. The van der Waals surface area contributed by atoms with E-state index in [0.29, 0.717) is 18.6 Å². The molecule has 4 nitrogen and oxygen atoms in total. The molecule has 0 heterocycles. The Labute approximate surface area is 99.9 Å². The highest BCUT2D eigenvalue weighted by Gasteiger charge is 2.08. The van der Waals surface area contributed by atoms with Crippen LogP contribution in [0.1, 0.15) is 23.1 Å². The van der Waals surface area contributed by atoms with E-state index in [0.717, 1.165) is 16.9 Å². The first kappa shape index (κ1) is 13.3. The van der Waals surface area contributed by atoms with Crippen molar-refractivity contribution in [3.05, 3.63) is 28.8 Å². The standard InChI is InChI=1S/C12H17FN2O2/c1-8-6-10(12(14)15-16)7-9(2)11(8)17-5-3-4-13/h6-7,16H,3-5H2,1-2H3,(H2,14,15). The Morgan fingerprint density at radius 3 is 2.47 bits per heavy atom. The quantitative estimate of drug-likeness (QED) is 0.272. The predicted molar refractivity (Wildman–Crippen MR) is 64.5 cm³/mol. The lowest BCUT2D eigenvalue weighted by atomic mass is 10.1. The van der Waals surface area contributed by atoms with Crippen LogP contribution >= 0.6 is 0 Å². The van der Waals surface area contributed by atoms with Crippen LogP contribution in [-0.2, 0) is 0 Å². The summed E-state index contributed by atoms with van der Waals surface area (Å²) in [5, 5.41) is 11.6.